The smallest absolute Gasteiger partial charge is 0.306 e. The number of ether oxygens (including phenoxy) is 2. The van der Waals surface area contributed by atoms with Crippen molar-refractivity contribution in [3.05, 3.63) is 35.9 Å². The Morgan fingerprint density at radius 2 is 0.672 bits per heavy atom. The lowest BCUT2D eigenvalue weighted by Gasteiger charge is -2.27. The largest absolute Gasteiger partial charge is 0.462 e. The van der Waals surface area contributed by atoms with Gasteiger partial charge < -0.3 is 74.7 Å². The van der Waals surface area contributed by atoms with Crippen LogP contribution in [0.4, 0.5) is 0 Å². The minimum Gasteiger partial charge on any atom is -0.462 e. The molecular weight excluding hydrogens is 1510 g/mol. The Morgan fingerprint density at radius 1 is 0.353 bits per heavy atom. The van der Waals surface area contributed by atoms with E-state index < -0.39 is 96.3 Å². The van der Waals surface area contributed by atoms with Gasteiger partial charge in [-0.1, -0.05) is 294 Å². The molecule has 0 heterocycles. The third kappa shape index (κ3) is 61.8. The summed E-state index contributed by atoms with van der Waals surface area (Å²) in [7, 11) is 0. The maximum absolute atomic E-state index is 14.6. The molecule has 1 aromatic rings. The van der Waals surface area contributed by atoms with Crippen LogP contribution in [0.3, 0.4) is 0 Å². The number of hydrogen-bond acceptors (Lipinski definition) is 19. The van der Waals surface area contributed by atoms with Crippen molar-refractivity contribution in [2.45, 2.75) is 416 Å². The Balaban J connectivity index is 3.47. The highest BCUT2D eigenvalue weighted by Gasteiger charge is 2.34. The van der Waals surface area contributed by atoms with Crippen LogP contribution < -0.4 is 60.2 Å². The van der Waals surface area contributed by atoms with Gasteiger partial charge in [0.05, 0.1) is 13.2 Å². The van der Waals surface area contributed by atoms with Gasteiger partial charge in [-0.25, -0.2) is 0 Å². The van der Waals surface area contributed by atoms with E-state index in [9.17, 15) is 53.1 Å². The Bertz CT molecular complexity index is 2660. The molecule has 0 saturated heterocycles. The topological polar surface area (TPSA) is 398 Å². The van der Waals surface area contributed by atoms with Crippen LogP contribution in [-0.2, 0) is 63.2 Å². The Labute approximate surface area is 709 Å². The summed E-state index contributed by atoms with van der Waals surface area (Å²) in [6.45, 7) is 6.48. The molecule has 1 aromatic carbocycles. The first-order valence-electron chi connectivity index (χ1n) is 46.1. The van der Waals surface area contributed by atoms with E-state index >= 15 is 0 Å². The van der Waals surface area contributed by atoms with Gasteiger partial charge in [0.1, 0.15) is 49.0 Å². The Hall–Kier alpha value is -5.38. The van der Waals surface area contributed by atoms with E-state index in [-0.39, 0.29) is 93.8 Å². The highest BCUT2D eigenvalue weighted by atomic mass is 32.2. The number of nitrogens with two attached hydrogens (primary N) is 4. The normalized spacial score (nSPS) is 13.1. The molecule has 0 aliphatic rings. The quantitative estimate of drug-likeness (QED) is 0.0213. The summed E-state index contributed by atoms with van der Waals surface area (Å²) in [5, 5.41) is 29.9. The van der Waals surface area contributed by atoms with Gasteiger partial charge >= 0.3 is 11.9 Å². The van der Waals surface area contributed by atoms with Crippen molar-refractivity contribution in [3.63, 3.8) is 0 Å². The zero-order chi connectivity index (χ0) is 85.0. The van der Waals surface area contributed by atoms with E-state index in [1.807, 2.05) is 30.3 Å². The lowest BCUT2D eigenvalue weighted by Crippen LogP contribution is -2.60. The number of aliphatic hydroxyl groups is 1. The SMILES string of the molecule is CCCCCCCCCCCCCCCC(=O)N[C@@H](CSC[C@H](COC(=O)CCCCCCCCCCCCCCC)OC(=O)CCCCCCCCCCCCCCC)C(=O)N[C@@H](CO)C(=O)N[C@@H](CCCCN)C(=O)N[C@@H](CCCCN)C(=O)N[C@@H](CCCCN)C(=O)N[C@@H](CCCCN)C(=O)NCC(=O)SCc1ccccc1. The van der Waals surface area contributed by atoms with Crippen LogP contribution in [0, 0.1) is 0 Å². The van der Waals surface area contributed by atoms with Gasteiger partial charge in [-0.05, 0) is 128 Å². The molecule has 0 saturated carbocycles. The first-order chi connectivity index (χ1) is 56.5. The molecule has 0 aliphatic carbocycles. The summed E-state index contributed by atoms with van der Waals surface area (Å²) in [5.41, 5.74) is 24.4. The lowest BCUT2D eigenvalue weighted by molar-refractivity contribution is -0.157. The summed E-state index contributed by atoms with van der Waals surface area (Å²) >= 11 is 2.26. The molecule has 116 heavy (non-hydrogen) atoms. The van der Waals surface area contributed by atoms with Crippen LogP contribution in [0.15, 0.2) is 30.3 Å². The number of amides is 7. The maximum Gasteiger partial charge on any atom is 0.306 e. The number of carbonyl (C=O) groups is 10. The van der Waals surface area contributed by atoms with Gasteiger partial charge in [-0.2, -0.15) is 11.8 Å². The average Bonchev–Trinajstić information content (AvgIpc) is 0.843. The second-order valence-corrected chi connectivity index (χ2v) is 34.0. The third-order valence-electron chi connectivity index (χ3n) is 21.2. The van der Waals surface area contributed by atoms with Crippen molar-refractivity contribution in [3.8, 4) is 0 Å². The molecule has 16 N–H and O–H groups in total. The van der Waals surface area contributed by atoms with Crippen molar-refractivity contribution < 1.29 is 62.5 Å². The van der Waals surface area contributed by atoms with Gasteiger partial charge in [0, 0.05) is 36.5 Å². The molecule has 0 aromatic heterocycles. The van der Waals surface area contributed by atoms with Crippen LogP contribution in [0.5, 0.6) is 0 Å². The van der Waals surface area contributed by atoms with E-state index in [0.717, 1.165) is 81.5 Å². The van der Waals surface area contributed by atoms with E-state index in [1.54, 1.807) is 0 Å². The Kier molecular flexibility index (Phi) is 73.2. The second kappa shape index (κ2) is 78.2. The fraction of sp³-hybridized carbons (Fsp3) is 0.822. The molecule has 1 rings (SSSR count). The van der Waals surface area contributed by atoms with Gasteiger partial charge in [0.25, 0.3) is 0 Å². The van der Waals surface area contributed by atoms with E-state index in [0.29, 0.717) is 89.5 Å². The number of aliphatic hydroxyl groups excluding tert-OH is 1. The number of benzene rings is 1. The summed E-state index contributed by atoms with van der Waals surface area (Å²) in [6.07, 6.45) is 48.5. The van der Waals surface area contributed by atoms with Crippen molar-refractivity contribution in [1.82, 2.24) is 37.2 Å². The molecular formula is C90H165N11O13S2. The maximum atomic E-state index is 14.6. The zero-order valence-corrected chi connectivity index (χ0v) is 74.3. The van der Waals surface area contributed by atoms with E-state index in [2.05, 4.69) is 58.0 Å². The summed E-state index contributed by atoms with van der Waals surface area (Å²) in [4.78, 5) is 140. The molecule has 0 radical (unpaired) electrons. The summed E-state index contributed by atoms with van der Waals surface area (Å²) in [5.74, 6) is -5.26. The number of nitrogens with one attached hydrogen (secondary N) is 7. The second-order valence-electron chi connectivity index (χ2n) is 31.9. The van der Waals surface area contributed by atoms with Crippen LogP contribution in [0.25, 0.3) is 0 Å². The molecule has 0 bridgehead atoms. The molecule has 7 amide bonds. The number of esters is 2. The number of unbranched alkanes of at least 4 members (excludes halogenated alkanes) is 40. The first kappa shape index (κ1) is 109. The number of hydrogen-bond donors (Lipinski definition) is 12. The van der Waals surface area contributed by atoms with Crippen LogP contribution in [-0.4, -0.2) is 163 Å². The van der Waals surface area contributed by atoms with Crippen molar-refractivity contribution in [2.24, 2.45) is 22.9 Å². The zero-order valence-electron chi connectivity index (χ0n) is 72.7. The number of thioether (sulfide) groups is 2. The first-order valence-corrected chi connectivity index (χ1v) is 48.3. The average molecular weight is 1670 g/mol. The van der Waals surface area contributed by atoms with Crippen molar-refractivity contribution in [2.75, 3.05) is 57.4 Å². The van der Waals surface area contributed by atoms with Crippen molar-refractivity contribution in [1.29, 1.82) is 0 Å². The predicted octanol–water partition coefficient (Wildman–Crippen LogP) is 14.6. The van der Waals surface area contributed by atoms with E-state index in [1.165, 1.54) is 179 Å². The minimum absolute atomic E-state index is 0.0292. The molecule has 7 atom stereocenters. The van der Waals surface area contributed by atoms with Gasteiger partial charge in [-0.15, -0.1) is 0 Å². The lowest BCUT2D eigenvalue weighted by atomic mass is 10.0. The minimum atomic E-state index is -1.64. The molecule has 0 spiro atoms. The van der Waals surface area contributed by atoms with Crippen LogP contribution in [0.2, 0.25) is 0 Å². The summed E-state index contributed by atoms with van der Waals surface area (Å²) in [6, 6.07) is 1.63. The van der Waals surface area contributed by atoms with Crippen LogP contribution >= 0.6 is 23.5 Å². The Morgan fingerprint density at radius 3 is 1.03 bits per heavy atom. The summed E-state index contributed by atoms with van der Waals surface area (Å²) < 4.78 is 11.8. The van der Waals surface area contributed by atoms with Crippen molar-refractivity contribution >= 4 is 81.9 Å². The van der Waals surface area contributed by atoms with Crippen LogP contribution in [0.1, 0.15) is 373 Å². The fourth-order valence-corrected chi connectivity index (χ4v) is 15.7. The van der Waals surface area contributed by atoms with Gasteiger partial charge in [0.15, 0.2) is 0 Å². The molecule has 0 unspecified atom stereocenters. The molecule has 670 valence electrons. The highest BCUT2D eigenvalue weighted by molar-refractivity contribution is 8.13. The highest BCUT2D eigenvalue weighted by Crippen LogP contribution is 2.21. The standard InChI is InChI=1S/C90H165N11O13S2/c1-4-7-10-13-16-19-22-25-28-31-34-37-43-60-81(103)96-80(72-115-71-74(114-83(105)62-45-39-36-33-30-27-24-21-18-15-12-9-6-3)69-113-82(104)61-44-38-35-32-29-26-23-20-17-14-11-8-5-2)90(112)101-79(68-102)89(111)100-78(59-49-53-66-94)88(110)99-77(58-48-52-65-93)87(109)98-76(57-47-51-64-92)86(108)97-75(56-46-50-63-91)85(107)95-67-84(106)116-70-73-54-41-40-42-55-73/h40-42,54-55,74-80,102H,4-39,43-53,56-72,91-94H2,1-3H3,(H,95,107)(H,96,103)(H,97,108)(H,98,109)(H,99,110)(H,100,111)(H,101,112)/t74-,75-,76-,77-,78-,79-,80-/m0/s1. The molecule has 26 heteroatoms. The molecule has 24 nitrogen and oxygen atoms in total. The fourth-order valence-electron chi connectivity index (χ4n) is 13.9. The third-order valence-corrected chi connectivity index (χ3v) is 23.3. The number of carbonyl (C=O) groups excluding carboxylic acids is 10. The van der Waals surface area contributed by atoms with Gasteiger partial charge in [-0.3, -0.25) is 47.9 Å². The molecule has 0 fully saturated rings. The van der Waals surface area contributed by atoms with Gasteiger partial charge in [0.2, 0.25) is 46.5 Å². The monoisotopic (exact) mass is 1670 g/mol. The predicted molar refractivity (Wildman–Crippen MR) is 475 cm³/mol. The van der Waals surface area contributed by atoms with E-state index in [4.69, 9.17) is 32.4 Å². The number of rotatable bonds is 82. The molecule has 0 aliphatic heterocycles.